The molecule has 5 nitrogen and oxygen atoms in total. The summed E-state index contributed by atoms with van der Waals surface area (Å²) in [5.41, 5.74) is 4.33. The van der Waals surface area contributed by atoms with Gasteiger partial charge in [-0.25, -0.2) is 4.99 Å². The van der Waals surface area contributed by atoms with Crippen molar-refractivity contribution in [1.82, 2.24) is 15.6 Å². The predicted molar refractivity (Wildman–Crippen MR) is 101 cm³/mol. The van der Waals surface area contributed by atoms with E-state index >= 15 is 0 Å². The number of hydrogen-bond donors (Lipinski definition) is 2. The van der Waals surface area contributed by atoms with Gasteiger partial charge in [0.25, 0.3) is 0 Å². The fraction of sp³-hybridized carbons (Fsp3) is 0.444. The number of aliphatic imine (C=N–C) groups is 1. The fourth-order valence-electron chi connectivity index (χ4n) is 2.48. The first-order valence-electron chi connectivity index (χ1n) is 8.11. The molecule has 2 aromatic rings. The molecule has 0 saturated carbocycles. The van der Waals surface area contributed by atoms with Crippen molar-refractivity contribution < 1.29 is 4.74 Å². The van der Waals surface area contributed by atoms with Crippen molar-refractivity contribution in [2.45, 2.75) is 40.8 Å². The second-order valence-corrected chi connectivity index (χ2v) is 6.62. The fourth-order valence-corrected chi connectivity index (χ4v) is 3.32. The van der Waals surface area contributed by atoms with Crippen molar-refractivity contribution in [1.29, 1.82) is 0 Å². The highest BCUT2D eigenvalue weighted by atomic mass is 32.1. The molecule has 2 N–H and O–H groups in total. The van der Waals surface area contributed by atoms with E-state index in [-0.39, 0.29) is 0 Å². The zero-order valence-electron chi connectivity index (χ0n) is 15.1. The number of thiophene rings is 1. The van der Waals surface area contributed by atoms with E-state index in [0.29, 0.717) is 6.54 Å². The largest absolute Gasteiger partial charge is 0.496 e. The van der Waals surface area contributed by atoms with Crippen LogP contribution in [0.3, 0.4) is 0 Å². The molecule has 0 aromatic carbocycles. The normalized spacial score (nSPS) is 11.5. The molecule has 0 aliphatic heterocycles. The zero-order chi connectivity index (χ0) is 17.5. The molecule has 24 heavy (non-hydrogen) atoms. The number of hydrogen-bond acceptors (Lipinski definition) is 4. The van der Waals surface area contributed by atoms with Crippen LogP contribution in [0.2, 0.25) is 0 Å². The van der Waals surface area contributed by atoms with Crippen molar-refractivity contribution in [3.63, 3.8) is 0 Å². The van der Waals surface area contributed by atoms with Crippen LogP contribution in [0.5, 0.6) is 5.75 Å². The van der Waals surface area contributed by atoms with Gasteiger partial charge in [-0.3, -0.25) is 4.98 Å². The van der Waals surface area contributed by atoms with Gasteiger partial charge in [-0.2, -0.15) is 0 Å². The molecule has 130 valence electrons. The van der Waals surface area contributed by atoms with Gasteiger partial charge in [0.15, 0.2) is 5.96 Å². The van der Waals surface area contributed by atoms with Crippen molar-refractivity contribution in [3.8, 4) is 5.75 Å². The zero-order valence-corrected chi connectivity index (χ0v) is 15.9. The topological polar surface area (TPSA) is 58.5 Å². The first-order valence-corrected chi connectivity index (χ1v) is 8.99. The Balaban J connectivity index is 2.09. The highest BCUT2D eigenvalue weighted by Crippen LogP contribution is 2.24. The van der Waals surface area contributed by atoms with Gasteiger partial charge in [0.2, 0.25) is 0 Å². The van der Waals surface area contributed by atoms with Crippen LogP contribution in [0.25, 0.3) is 0 Å². The smallest absolute Gasteiger partial charge is 0.191 e. The molecule has 0 spiro atoms. The third-order valence-corrected chi connectivity index (χ3v) is 4.89. The maximum absolute atomic E-state index is 5.46. The van der Waals surface area contributed by atoms with Crippen molar-refractivity contribution in [3.05, 3.63) is 44.9 Å². The molecule has 0 amide bonds. The molecule has 2 rings (SSSR count). The van der Waals surface area contributed by atoms with Gasteiger partial charge >= 0.3 is 0 Å². The minimum atomic E-state index is 0.515. The molecule has 0 aliphatic carbocycles. The summed E-state index contributed by atoms with van der Waals surface area (Å²) in [5.74, 6) is 1.69. The van der Waals surface area contributed by atoms with E-state index in [1.807, 2.05) is 20.0 Å². The lowest BCUT2D eigenvalue weighted by atomic mass is 10.1. The Morgan fingerprint density at radius 3 is 2.67 bits per heavy atom. The second-order valence-electron chi connectivity index (χ2n) is 5.62. The molecule has 2 aromatic heterocycles. The Bertz CT molecular complexity index is 709. The van der Waals surface area contributed by atoms with Gasteiger partial charge < -0.3 is 15.4 Å². The summed E-state index contributed by atoms with van der Waals surface area (Å²) >= 11 is 1.76. The van der Waals surface area contributed by atoms with Gasteiger partial charge in [-0.15, -0.1) is 11.3 Å². The molecule has 6 heteroatoms. The number of nitrogens with one attached hydrogen (secondary N) is 2. The van der Waals surface area contributed by atoms with Gasteiger partial charge in [0, 0.05) is 28.7 Å². The number of aromatic nitrogens is 1. The summed E-state index contributed by atoms with van der Waals surface area (Å²) in [6.45, 7) is 10.3. The third kappa shape index (κ3) is 4.47. The third-order valence-electron chi connectivity index (χ3n) is 3.87. The Hall–Kier alpha value is -2.08. The molecule has 2 heterocycles. The summed E-state index contributed by atoms with van der Waals surface area (Å²) in [6.07, 6.45) is 1.84. The van der Waals surface area contributed by atoms with Crippen molar-refractivity contribution in [2.24, 2.45) is 4.99 Å². The van der Waals surface area contributed by atoms with Gasteiger partial charge in [0.1, 0.15) is 5.75 Å². The lowest BCUT2D eigenvalue weighted by Crippen LogP contribution is -2.36. The van der Waals surface area contributed by atoms with Gasteiger partial charge in [-0.1, -0.05) is 0 Å². The highest BCUT2D eigenvalue weighted by molar-refractivity contribution is 7.10. The first-order chi connectivity index (χ1) is 11.6. The summed E-state index contributed by atoms with van der Waals surface area (Å²) in [5, 5.41) is 8.78. The summed E-state index contributed by atoms with van der Waals surface area (Å²) < 4.78 is 5.46. The van der Waals surface area contributed by atoms with Crippen LogP contribution < -0.4 is 15.4 Å². The van der Waals surface area contributed by atoms with Gasteiger partial charge in [0.05, 0.1) is 25.9 Å². The number of pyridine rings is 1. The molecule has 0 fully saturated rings. The average Bonchev–Trinajstić information content (AvgIpc) is 2.97. The number of aryl methyl sites for hydroxylation is 2. The lowest BCUT2D eigenvalue weighted by molar-refractivity contribution is 0.407. The van der Waals surface area contributed by atoms with E-state index in [1.54, 1.807) is 18.4 Å². The maximum Gasteiger partial charge on any atom is 0.191 e. The van der Waals surface area contributed by atoms with E-state index in [2.05, 4.69) is 45.9 Å². The van der Waals surface area contributed by atoms with Crippen LogP contribution >= 0.6 is 11.3 Å². The first kappa shape index (κ1) is 18.3. The van der Waals surface area contributed by atoms with Crippen LogP contribution in [0.4, 0.5) is 0 Å². The highest BCUT2D eigenvalue weighted by Gasteiger charge is 2.09. The average molecular weight is 347 g/mol. The minimum absolute atomic E-state index is 0.515. The number of nitrogens with zero attached hydrogens (tertiary/aromatic N) is 2. The van der Waals surface area contributed by atoms with E-state index in [9.17, 15) is 0 Å². The maximum atomic E-state index is 5.46. The molecule has 0 unspecified atom stereocenters. The minimum Gasteiger partial charge on any atom is -0.496 e. The van der Waals surface area contributed by atoms with Crippen LogP contribution in [-0.2, 0) is 13.1 Å². The number of ether oxygens (including phenoxy) is 1. The van der Waals surface area contributed by atoms with Crippen LogP contribution in [0.1, 0.15) is 34.2 Å². The summed E-state index contributed by atoms with van der Waals surface area (Å²) in [7, 11) is 1.69. The predicted octanol–water partition coefficient (Wildman–Crippen LogP) is 3.33. The van der Waals surface area contributed by atoms with Crippen molar-refractivity contribution >= 4 is 17.3 Å². The number of rotatable bonds is 6. The SMILES string of the molecule is CCNC(=NCc1ncc(C)c(OC)c1C)NCc1sccc1C. The summed E-state index contributed by atoms with van der Waals surface area (Å²) in [4.78, 5) is 10.5. The quantitative estimate of drug-likeness (QED) is 0.622. The number of methoxy groups -OCH3 is 1. The Morgan fingerprint density at radius 1 is 1.25 bits per heavy atom. The Morgan fingerprint density at radius 2 is 2.04 bits per heavy atom. The second kappa shape index (κ2) is 8.68. The van der Waals surface area contributed by atoms with Crippen LogP contribution in [-0.4, -0.2) is 24.6 Å². The standard InChI is InChI=1S/C18H26N4OS/c1-6-19-18(22-11-16-12(2)7-8-24-16)21-10-15-14(4)17(23-5)13(3)9-20-15/h7-9H,6,10-11H2,1-5H3,(H2,19,21,22). The number of guanidine groups is 1. The van der Waals surface area contributed by atoms with Crippen LogP contribution in [0, 0.1) is 20.8 Å². The molecule has 0 atom stereocenters. The Kier molecular flexibility index (Phi) is 6.61. The molecule has 0 bridgehead atoms. The van der Waals surface area contributed by atoms with Crippen molar-refractivity contribution in [2.75, 3.05) is 13.7 Å². The molecule has 0 saturated heterocycles. The monoisotopic (exact) mass is 346 g/mol. The molecular weight excluding hydrogens is 320 g/mol. The lowest BCUT2D eigenvalue weighted by Gasteiger charge is -2.13. The van der Waals surface area contributed by atoms with Gasteiger partial charge in [-0.05, 0) is 44.7 Å². The molecular formula is C18H26N4OS. The van der Waals surface area contributed by atoms with E-state index in [1.165, 1.54) is 10.4 Å². The van der Waals surface area contributed by atoms with E-state index < -0.39 is 0 Å². The van der Waals surface area contributed by atoms with E-state index in [4.69, 9.17) is 4.74 Å². The van der Waals surface area contributed by atoms with E-state index in [0.717, 1.165) is 41.6 Å². The summed E-state index contributed by atoms with van der Waals surface area (Å²) in [6, 6.07) is 2.14. The Labute approximate surface area is 148 Å². The molecule has 0 aliphatic rings. The van der Waals surface area contributed by atoms with Crippen LogP contribution in [0.15, 0.2) is 22.6 Å². The molecule has 0 radical (unpaired) electrons.